The largest absolute Gasteiger partial charge is 0.486 e. The van der Waals surface area contributed by atoms with Gasteiger partial charge >= 0.3 is 0 Å². The number of hydrogen-bond donors (Lipinski definition) is 2. The van der Waals surface area contributed by atoms with Gasteiger partial charge in [-0.05, 0) is 62.3 Å². The van der Waals surface area contributed by atoms with Crippen LogP contribution in [0.4, 0.5) is 17.1 Å². The van der Waals surface area contributed by atoms with Crippen LogP contribution in [-0.2, 0) is 16.1 Å². The maximum absolute atomic E-state index is 13.1. The van der Waals surface area contributed by atoms with E-state index in [9.17, 15) is 10.1 Å². The maximum Gasteiger partial charge on any atom is 0.248 e. The molecule has 236 valence electrons. The SMILES string of the molecule is N#Cc1cnc2cc(O[C@H]3CCOC3)c(NC(=O)/C=C/CN3CCCCC3)cc2c1Nc1ccc(OCc2ccccn2)c(Cl)c1. The molecule has 0 saturated carbocycles. The number of nitrogens with zero attached hydrogens (tertiary/aromatic N) is 4. The van der Waals surface area contributed by atoms with E-state index in [0.717, 1.165) is 31.7 Å². The lowest BCUT2D eigenvalue weighted by molar-refractivity contribution is -0.111. The Bertz CT molecular complexity index is 1750. The number of hydrogen-bond acceptors (Lipinski definition) is 9. The fraction of sp³-hybridized carbons (Fsp3) is 0.314. The van der Waals surface area contributed by atoms with Crippen molar-refractivity contribution in [2.75, 3.05) is 43.5 Å². The van der Waals surface area contributed by atoms with Crippen LogP contribution in [0.15, 0.2) is 73.1 Å². The highest BCUT2D eigenvalue weighted by Crippen LogP contribution is 2.38. The Morgan fingerprint density at radius 1 is 1.13 bits per heavy atom. The van der Waals surface area contributed by atoms with Crippen molar-refractivity contribution in [3.05, 3.63) is 89.4 Å². The van der Waals surface area contributed by atoms with Crippen LogP contribution in [0.3, 0.4) is 0 Å². The molecule has 0 radical (unpaired) electrons. The number of rotatable bonds is 11. The summed E-state index contributed by atoms with van der Waals surface area (Å²) in [5.74, 6) is 0.728. The van der Waals surface area contributed by atoms with Gasteiger partial charge in [0.25, 0.3) is 0 Å². The van der Waals surface area contributed by atoms with E-state index in [1.807, 2.05) is 30.3 Å². The summed E-state index contributed by atoms with van der Waals surface area (Å²) in [7, 11) is 0. The van der Waals surface area contributed by atoms with Gasteiger partial charge in [-0.25, -0.2) is 0 Å². The minimum Gasteiger partial charge on any atom is -0.486 e. The Hall–Kier alpha value is -4.69. The van der Waals surface area contributed by atoms with Crippen LogP contribution in [0.5, 0.6) is 11.5 Å². The molecule has 2 fully saturated rings. The van der Waals surface area contributed by atoms with Gasteiger partial charge in [0.15, 0.2) is 0 Å². The highest BCUT2D eigenvalue weighted by Gasteiger charge is 2.21. The summed E-state index contributed by atoms with van der Waals surface area (Å²) in [6.45, 7) is 4.19. The first kappa shape index (κ1) is 31.3. The smallest absolute Gasteiger partial charge is 0.248 e. The molecule has 2 saturated heterocycles. The summed E-state index contributed by atoms with van der Waals surface area (Å²) in [6, 6.07) is 16.7. The number of fused-ring (bicyclic) bond motifs is 1. The van der Waals surface area contributed by atoms with Crippen molar-refractivity contribution in [2.45, 2.75) is 38.4 Å². The minimum atomic E-state index is -0.268. The second kappa shape index (κ2) is 15.1. The monoisotopic (exact) mass is 638 g/mol. The van der Waals surface area contributed by atoms with Crippen molar-refractivity contribution < 1.29 is 19.0 Å². The summed E-state index contributed by atoms with van der Waals surface area (Å²) in [6.07, 6.45) is 10.9. The molecule has 2 aliphatic rings. The van der Waals surface area contributed by atoms with Crippen LogP contribution < -0.4 is 20.1 Å². The van der Waals surface area contributed by atoms with Crippen molar-refractivity contribution in [1.29, 1.82) is 5.26 Å². The van der Waals surface area contributed by atoms with Crippen LogP contribution in [0, 0.1) is 11.3 Å². The van der Waals surface area contributed by atoms with Gasteiger partial charge in [-0.1, -0.05) is 30.2 Å². The number of amides is 1. The number of nitriles is 1. The van der Waals surface area contributed by atoms with Gasteiger partial charge in [0.1, 0.15) is 30.3 Å². The molecule has 4 aromatic rings. The van der Waals surface area contributed by atoms with E-state index in [1.165, 1.54) is 25.5 Å². The van der Waals surface area contributed by atoms with E-state index in [1.54, 1.807) is 36.5 Å². The first-order valence-electron chi connectivity index (χ1n) is 15.5. The summed E-state index contributed by atoms with van der Waals surface area (Å²) in [5.41, 5.74) is 3.35. The first-order valence-corrected chi connectivity index (χ1v) is 15.8. The number of halogens is 1. The molecule has 0 spiro atoms. The topological polar surface area (TPSA) is 122 Å². The molecule has 2 N–H and O–H groups in total. The third kappa shape index (κ3) is 7.93. The normalized spacial score (nSPS) is 16.7. The van der Waals surface area contributed by atoms with Gasteiger partial charge in [0.05, 0.1) is 46.4 Å². The Morgan fingerprint density at radius 3 is 2.78 bits per heavy atom. The van der Waals surface area contributed by atoms with E-state index in [-0.39, 0.29) is 18.6 Å². The number of likely N-dealkylation sites (tertiary alicyclic amines) is 1. The van der Waals surface area contributed by atoms with Gasteiger partial charge in [-0.15, -0.1) is 0 Å². The van der Waals surface area contributed by atoms with Crippen LogP contribution >= 0.6 is 11.6 Å². The molecule has 10 nitrogen and oxygen atoms in total. The highest BCUT2D eigenvalue weighted by atomic mass is 35.5. The van der Waals surface area contributed by atoms with Crippen molar-refractivity contribution in [3.63, 3.8) is 0 Å². The van der Waals surface area contributed by atoms with E-state index in [0.29, 0.717) is 63.3 Å². The molecule has 2 aromatic carbocycles. The lowest BCUT2D eigenvalue weighted by atomic mass is 10.1. The summed E-state index contributed by atoms with van der Waals surface area (Å²) < 4.78 is 17.7. The van der Waals surface area contributed by atoms with E-state index in [4.69, 9.17) is 25.8 Å². The molecule has 2 aliphatic heterocycles. The molecule has 0 bridgehead atoms. The number of piperidine rings is 1. The van der Waals surface area contributed by atoms with Gasteiger partial charge in [0.2, 0.25) is 5.91 Å². The van der Waals surface area contributed by atoms with Crippen LogP contribution in [0.1, 0.15) is 36.9 Å². The average Bonchev–Trinajstić information content (AvgIpc) is 3.59. The van der Waals surface area contributed by atoms with E-state index in [2.05, 4.69) is 31.6 Å². The van der Waals surface area contributed by atoms with E-state index < -0.39 is 0 Å². The standard InChI is InChI=1S/C35H35ClN6O4/c36-29-17-25(9-10-32(29)45-22-26-7-2-3-12-38-26)40-35-24(20-37)21-39-30-19-33(46-27-11-16-44-23-27)31(18-28(30)35)41-34(43)8-6-15-42-13-4-1-5-14-42/h2-3,6-10,12,17-19,21,27H,1,4-5,11,13-16,22-23H2,(H,39,40)(H,41,43)/b8-6+/t27-/m0/s1. The zero-order valence-corrected chi connectivity index (χ0v) is 26.1. The van der Waals surface area contributed by atoms with Gasteiger partial charge < -0.3 is 24.8 Å². The zero-order valence-electron chi connectivity index (χ0n) is 25.4. The molecule has 0 unspecified atom stereocenters. The number of carbonyl (C=O) groups is 1. The van der Waals surface area contributed by atoms with Gasteiger partial charge in [0, 0.05) is 48.6 Å². The second-order valence-corrected chi connectivity index (χ2v) is 11.7. The molecule has 1 atom stereocenters. The Morgan fingerprint density at radius 2 is 2.02 bits per heavy atom. The molecular formula is C35H35ClN6O4. The fourth-order valence-corrected chi connectivity index (χ4v) is 5.76. The third-order valence-electron chi connectivity index (χ3n) is 7.91. The minimum absolute atomic E-state index is 0.140. The van der Waals surface area contributed by atoms with Gasteiger partial charge in [-0.3, -0.25) is 19.7 Å². The lowest BCUT2D eigenvalue weighted by Crippen LogP contribution is -2.29. The quantitative estimate of drug-likeness (QED) is 0.174. The molecule has 6 rings (SSSR count). The fourth-order valence-electron chi connectivity index (χ4n) is 5.52. The number of pyridine rings is 2. The zero-order chi connectivity index (χ0) is 31.7. The molecule has 4 heterocycles. The highest BCUT2D eigenvalue weighted by molar-refractivity contribution is 6.32. The van der Waals surface area contributed by atoms with Crippen LogP contribution in [-0.4, -0.2) is 59.7 Å². The van der Waals surface area contributed by atoms with E-state index >= 15 is 0 Å². The number of ether oxygens (including phenoxy) is 3. The Labute approximate surface area is 272 Å². The maximum atomic E-state index is 13.1. The third-order valence-corrected chi connectivity index (χ3v) is 8.21. The van der Waals surface area contributed by atoms with Crippen molar-refractivity contribution >= 4 is 45.5 Å². The van der Waals surface area contributed by atoms with Gasteiger partial charge in [-0.2, -0.15) is 5.26 Å². The molecule has 11 heteroatoms. The number of nitrogens with one attached hydrogen (secondary N) is 2. The molecule has 1 amide bonds. The molecule has 0 aliphatic carbocycles. The summed E-state index contributed by atoms with van der Waals surface area (Å²) in [5, 5.41) is 17.4. The first-order chi connectivity index (χ1) is 22.6. The summed E-state index contributed by atoms with van der Waals surface area (Å²) in [4.78, 5) is 24.2. The second-order valence-electron chi connectivity index (χ2n) is 11.3. The van der Waals surface area contributed by atoms with Crippen molar-refractivity contribution in [2.24, 2.45) is 0 Å². The molecule has 46 heavy (non-hydrogen) atoms. The number of carbonyl (C=O) groups excluding carboxylic acids is 1. The number of benzene rings is 2. The molecule has 2 aromatic heterocycles. The Balaban J connectivity index is 1.26. The average molecular weight is 639 g/mol. The summed E-state index contributed by atoms with van der Waals surface area (Å²) >= 11 is 6.58. The predicted octanol–water partition coefficient (Wildman–Crippen LogP) is 6.63. The number of anilines is 3. The van der Waals surface area contributed by atoms with Crippen molar-refractivity contribution in [1.82, 2.24) is 14.9 Å². The lowest BCUT2D eigenvalue weighted by Gasteiger charge is -2.24. The van der Waals surface area contributed by atoms with Crippen LogP contribution in [0.25, 0.3) is 10.9 Å². The molecular weight excluding hydrogens is 604 g/mol. The van der Waals surface area contributed by atoms with Crippen LogP contribution in [0.2, 0.25) is 5.02 Å². The number of aromatic nitrogens is 2. The van der Waals surface area contributed by atoms with Crippen molar-refractivity contribution in [3.8, 4) is 17.6 Å². The Kier molecular flexibility index (Phi) is 10.2. The predicted molar refractivity (Wildman–Crippen MR) is 178 cm³/mol.